The molecular weight excluding hydrogens is 180 g/mol. The molecule has 1 rings (SSSR count). The van der Waals surface area contributed by atoms with E-state index in [9.17, 15) is 0 Å². The standard InChI is InChI=1S/C7H9BrO/c1-6(8)4-7-2-3-9-5-7/h2-3,5-6H,4H2,1H3. The summed E-state index contributed by atoms with van der Waals surface area (Å²) < 4.78 is 4.89. The third kappa shape index (κ3) is 2.22. The van der Waals surface area contributed by atoms with Crippen LogP contribution >= 0.6 is 15.9 Å². The number of rotatable bonds is 2. The maximum absolute atomic E-state index is 4.89. The van der Waals surface area contributed by atoms with Crippen molar-refractivity contribution >= 4 is 15.9 Å². The molecule has 0 aliphatic carbocycles. The molecular formula is C7H9BrO. The average Bonchev–Trinajstić information content (AvgIpc) is 2.15. The van der Waals surface area contributed by atoms with Gasteiger partial charge in [-0.25, -0.2) is 0 Å². The third-order valence-electron chi connectivity index (χ3n) is 1.10. The zero-order valence-corrected chi connectivity index (χ0v) is 6.89. The van der Waals surface area contributed by atoms with Gasteiger partial charge >= 0.3 is 0 Å². The first kappa shape index (κ1) is 6.87. The molecule has 0 saturated carbocycles. The Hall–Kier alpha value is -0.240. The fraction of sp³-hybridized carbons (Fsp3) is 0.429. The Kier molecular flexibility index (Phi) is 2.34. The summed E-state index contributed by atoms with van der Waals surface area (Å²) in [6.45, 7) is 2.12. The molecule has 0 aliphatic rings. The van der Waals surface area contributed by atoms with Crippen molar-refractivity contribution in [2.45, 2.75) is 18.2 Å². The first-order valence-electron chi connectivity index (χ1n) is 2.94. The molecule has 0 aromatic carbocycles. The molecule has 0 fully saturated rings. The van der Waals surface area contributed by atoms with Gasteiger partial charge in [0.1, 0.15) is 0 Å². The topological polar surface area (TPSA) is 13.1 Å². The van der Waals surface area contributed by atoms with E-state index in [0.29, 0.717) is 4.83 Å². The zero-order valence-electron chi connectivity index (χ0n) is 5.30. The van der Waals surface area contributed by atoms with E-state index in [4.69, 9.17) is 4.42 Å². The molecule has 1 nitrogen and oxygen atoms in total. The van der Waals surface area contributed by atoms with Crippen molar-refractivity contribution in [1.82, 2.24) is 0 Å². The van der Waals surface area contributed by atoms with Gasteiger partial charge in [-0.2, -0.15) is 0 Å². The second kappa shape index (κ2) is 3.06. The second-order valence-corrected chi connectivity index (χ2v) is 3.68. The van der Waals surface area contributed by atoms with Gasteiger partial charge in [0.2, 0.25) is 0 Å². The Morgan fingerprint density at radius 3 is 3.00 bits per heavy atom. The molecule has 1 aromatic rings. The van der Waals surface area contributed by atoms with Crippen LogP contribution in [0.2, 0.25) is 0 Å². The molecule has 0 aliphatic heterocycles. The van der Waals surface area contributed by atoms with Gasteiger partial charge in [0.25, 0.3) is 0 Å². The summed E-state index contributed by atoms with van der Waals surface area (Å²) in [5.41, 5.74) is 1.25. The lowest BCUT2D eigenvalue weighted by Crippen LogP contribution is -1.93. The van der Waals surface area contributed by atoms with Crippen molar-refractivity contribution in [3.8, 4) is 0 Å². The highest BCUT2D eigenvalue weighted by atomic mass is 79.9. The smallest absolute Gasteiger partial charge is 0.0934 e. The van der Waals surface area contributed by atoms with E-state index >= 15 is 0 Å². The molecule has 1 heterocycles. The van der Waals surface area contributed by atoms with Crippen molar-refractivity contribution < 1.29 is 4.42 Å². The Balaban J connectivity index is 2.48. The zero-order chi connectivity index (χ0) is 6.69. The first-order chi connectivity index (χ1) is 4.29. The predicted octanol–water partition coefficient (Wildman–Crippen LogP) is 2.61. The quantitative estimate of drug-likeness (QED) is 0.651. The molecule has 0 N–H and O–H groups in total. The summed E-state index contributed by atoms with van der Waals surface area (Å²) in [5.74, 6) is 0. The maximum Gasteiger partial charge on any atom is 0.0934 e. The lowest BCUT2D eigenvalue weighted by Gasteiger charge is -1.96. The second-order valence-electron chi connectivity index (χ2n) is 2.12. The number of hydrogen-bond donors (Lipinski definition) is 0. The van der Waals surface area contributed by atoms with Gasteiger partial charge in [0, 0.05) is 4.83 Å². The van der Waals surface area contributed by atoms with Crippen LogP contribution in [-0.2, 0) is 6.42 Å². The predicted molar refractivity (Wildman–Crippen MR) is 40.8 cm³/mol. The fourth-order valence-corrected chi connectivity index (χ4v) is 1.11. The van der Waals surface area contributed by atoms with Gasteiger partial charge in [-0.3, -0.25) is 0 Å². The van der Waals surface area contributed by atoms with Crippen LogP contribution in [0.4, 0.5) is 0 Å². The molecule has 9 heavy (non-hydrogen) atoms. The molecule has 1 atom stereocenters. The number of halogens is 1. The number of hydrogen-bond acceptors (Lipinski definition) is 1. The highest BCUT2D eigenvalue weighted by Crippen LogP contribution is 2.08. The summed E-state index contributed by atoms with van der Waals surface area (Å²) in [5, 5.41) is 0. The summed E-state index contributed by atoms with van der Waals surface area (Å²) in [4.78, 5) is 0.537. The van der Waals surface area contributed by atoms with Crippen LogP contribution in [0.15, 0.2) is 23.0 Å². The van der Waals surface area contributed by atoms with Crippen molar-refractivity contribution in [2.24, 2.45) is 0 Å². The van der Waals surface area contributed by atoms with E-state index in [1.54, 1.807) is 12.5 Å². The van der Waals surface area contributed by atoms with E-state index in [-0.39, 0.29) is 0 Å². The lowest BCUT2D eigenvalue weighted by atomic mass is 10.2. The van der Waals surface area contributed by atoms with Gasteiger partial charge in [-0.15, -0.1) is 0 Å². The Morgan fingerprint density at radius 2 is 2.56 bits per heavy atom. The Labute approximate surface area is 63.2 Å². The van der Waals surface area contributed by atoms with Gasteiger partial charge in [-0.05, 0) is 18.1 Å². The summed E-state index contributed by atoms with van der Waals surface area (Å²) in [6, 6.07) is 1.98. The van der Waals surface area contributed by atoms with Gasteiger partial charge in [-0.1, -0.05) is 22.9 Å². The first-order valence-corrected chi connectivity index (χ1v) is 3.86. The van der Waals surface area contributed by atoms with E-state index < -0.39 is 0 Å². The van der Waals surface area contributed by atoms with Gasteiger partial charge in [0.15, 0.2) is 0 Å². The maximum atomic E-state index is 4.89. The normalized spacial score (nSPS) is 13.6. The van der Waals surface area contributed by atoms with Gasteiger partial charge < -0.3 is 4.42 Å². The molecule has 0 spiro atoms. The lowest BCUT2D eigenvalue weighted by molar-refractivity contribution is 0.563. The minimum atomic E-state index is 0.537. The summed E-state index contributed by atoms with van der Waals surface area (Å²) in [7, 11) is 0. The van der Waals surface area contributed by atoms with Crippen molar-refractivity contribution in [3.63, 3.8) is 0 Å². The average molecular weight is 189 g/mol. The largest absolute Gasteiger partial charge is 0.472 e. The number of furan rings is 1. The third-order valence-corrected chi connectivity index (χ3v) is 1.42. The SMILES string of the molecule is CC(Br)Cc1ccoc1. The van der Waals surface area contributed by atoms with Crippen LogP contribution in [0.3, 0.4) is 0 Å². The van der Waals surface area contributed by atoms with Crippen LogP contribution < -0.4 is 0 Å². The summed E-state index contributed by atoms with van der Waals surface area (Å²) >= 11 is 3.45. The van der Waals surface area contributed by atoms with Crippen LogP contribution in [0.5, 0.6) is 0 Å². The van der Waals surface area contributed by atoms with Crippen LogP contribution in [0, 0.1) is 0 Å². The van der Waals surface area contributed by atoms with E-state index in [1.807, 2.05) is 6.07 Å². The van der Waals surface area contributed by atoms with Crippen molar-refractivity contribution in [1.29, 1.82) is 0 Å². The monoisotopic (exact) mass is 188 g/mol. The molecule has 0 saturated heterocycles. The van der Waals surface area contributed by atoms with Crippen molar-refractivity contribution in [3.05, 3.63) is 24.2 Å². The number of alkyl halides is 1. The highest BCUT2D eigenvalue weighted by molar-refractivity contribution is 9.09. The Morgan fingerprint density at radius 1 is 1.78 bits per heavy atom. The minimum absolute atomic E-state index is 0.537. The van der Waals surface area contributed by atoms with E-state index in [0.717, 1.165) is 6.42 Å². The molecule has 1 unspecified atom stereocenters. The minimum Gasteiger partial charge on any atom is -0.472 e. The van der Waals surface area contributed by atoms with Crippen LogP contribution in [0.25, 0.3) is 0 Å². The summed E-state index contributed by atoms with van der Waals surface area (Å²) in [6.07, 6.45) is 4.51. The van der Waals surface area contributed by atoms with Crippen LogP contribution in [0.1, 0.15) is 12.5 Å². The molecule has 0 bridgehead atoms. The molecule has 50 valence electrons. The van der Waals surface area contributed by atoms with E-state index in [2.05, 4.69) is 22.9 Å². The molecule has 0 radical (unpaired) electrons. The molecule has 1 aromatic heterocycles. The van der Waals surface area contributed by atoms with Crippen LogP contribution in [-0.4, -0.2) is 4.83 Å². The van der Waals surface area contributed by atoms with E-state index in [1.165, 1.54) is 5.56 Å². The molecule has 2 heteroatoms. The van der Waals surface area contributed by atoms with Crippen molar-refractivity contribution in [2.75, 3.05) is 0 Å². The Bertz CT molecular complexity index is 155. The molecule has 0 amide bonds. The highest BCUT2D eigenvalue weighted by Gasteiger charge is 1.97. The fourth-order valence-electron chi connectivity index (χ4n) is 0.734. The van der Waals surface area contributed by atoms with Gasteiger partial charge in [0.05, 0.1) is 12.5 Å².